The number of rotatable bonds is 14. The monoisotopic (exact) mass is 360 g/mol. The maximum Gasteiger partial charge on any atom is 0.336 e. The van der Waals surface area contributed by atoms with Crippen LogP contribution in [0.25, 0.3) is 0 Å². The average Bonchev–Trinajstić information content (AvgIpc) is 2.54. The first-order valence-electron chi connectivity index (χ1n) is 8.98. The molecule has 0 spiro atoms. The maximum atomic E-state index is 11.6. The molecule has 7 heteroatoms. The Labute approximate surface area is 149 Å². The molecule has 0 aliphatic rings. The third-order valence-corrected chi connectivity index (χ3v) is 5.14. The molecule has 0 fully saturated rings. The second kappa shape index (κ2) is 11.1. The Morgan fingerprint density at radius 2 is 1.44 bits per heavy atom. The molecule has 146 valence electrons. The van der Waals surface area contributed by atoms with Gasteiger partial charge in [0.25, 0.3) is 0 Å². The fraction of sp³-hybridized carbons (Fsp3) is 0.833. The van der Waals surface area contributed by atoms with Crippen LogP contribution in [-0.2, 0) is 19.1 Å². The molecule has 0 aliphatic heterocycles. The topological polar surface area (TPSA) is 121 Å². The Bertz CT molecular complexity index is 434. The van der Waals surface area contributed by atoms with Crippen LogP contribution in [0.1, 0.15) is 78.6 Å². The van der Waals surface area contributed by atoms with Crippen LogP contribution in [0.15, 0.2) is 0 Å². The van der Waals surface area contributed by atoms with Crippen molar-refractivity contribution < 1.29 is 34.4 Å². The number of hydrogen-bond donors (Lipinski definition) is 3. The number of carbonyl (C=O) groups is 3. The molecule has 0 saturated carbocycles. The van der Waals surface area contributed by atoms with E-state index in [2.05, 4.69) is 20.8 Å². The van der Waals surface area contributed by atoms with Gasteiger partial charge in [0.15, 0.2) is 5.60 Å². The average molecular weight is 360 g/mol. The molecular weight excluding hydrogens is 328 g/mol. The first kappa shape index (κ1) is 23.4. The third kappa shape index (κ3) is 8.34. The molecule has 1 unspecified atom stereocenters. The molecule has 0 saturated heterocycles. The van der Waals surface area contributed by atoms with E-state index in [0.29, 0.717) is 11.8 Å². The Morgan fingerprint density at radius 3 is 1.88 bits per heavy atom. The van der Waals surface area contributed by atoms with E-state index in [1.807, 2.05) is 0 Å². The summed E-state index contributed by atoms with van der Waals surface area (Å²) in [6.07, 6.45) is 5.22. The first-order valence-corrected chi connectivity index (χ1v) is 8.98. The van der Waals surface area contributed by atoms with Crippen molar-refractivity contribution in [2.24, 2.45) is 5.41 Å². The molecule has 0 aromatic rings. The molecule has 25 heavy (non-hydrogen) atoms. The van der Waals surface area contributed by atoms with Crippen LogP contribution in [0.3, 0.4) is 0 Å². The minimum absolute atomic E-state index is 0.138. The maximum absolute atomic E-state index is 11.6. The molecular formula is C18H32O7. The van der Waals surface area contributed by atoms with E-state index < -0.39 is 36.4 Å². The van der Waals surface area contributed by atoms with Crippen LogP contribution in [0.4, 0.5) is 0 Å². The highest BCUT2D eigenvalue weighted by molar-refractivity contribution is 5.88. The fourth-order valence-corrected chi connectivity index (χ4v) is 3.00. The van der Waals surface area contributed by atoms with Crippen molar-refractivity contribution in [1.29, 1.82) is 0 Å². The van der Waals surface area contributed by atoms with Crippen LogP contribution in [0, 0.1) is 5.41 Å². The number of esters is 1. The predicted octanol–water partition coefficient (Wildman–Crippen LogP) is 2.99. The summed E-state index contributed by atoms with van der Waals surface area (Å²) in [5.41, 5.74) is -2.25. The molecule has 0 bridgehead atoms. The SMILES string of the molecule is CCC(CC)(CC)CCCCCOC(=O)CC(O)(CC(=O)O)C(=O)O. The zero-order valence-corrected chi connectivity index (χ0v) is 15.5. The van der Waals surface area contributed by atoms with Gasteiger partial charge in [-0.2, -0.15) is 0 Å². The summed E-state index contributed by atoms with van der Waals surface area (Å²) in [7, 11) is 0. The minimum atomic E-state index is -2.63. The van der Waals surface area contributed by atoms with Gasteiger partial charge in [-0.15, -0.1) is 0 Å². The number of aliphatic hydroxyl groups is 1. The molecule has 1 atom stereocenters. The molecule has 0 heterocycles. The predicted molar refractivity (Wildman–Crippen MR) is 92.2 cm³/mol. The minimum Gasteiger partial charge on any atom is -0.481 e. The van der Waals surface area contributed by atoms with Crippen molar-refractivity contribution in [2.75, 3.05) is 6.61 Å². The highest BCUT2D eigenvalue weighted by atomic mass is 16.5. The van der Waals surface area contributed by atoms with Crippen molar-refractivity contribution in [2.45, 2.75) is 84.2 Å². The van der Waals surface area contributed by atoms with Gasteiger partial charge in [-0.1, -0.05) is 52.9 Å². The van der Waals surface area contributed by atoms with E-state index in [9.17, 15) is 19.5 Å². The smallest absolute Gasteiger partial charge is 0.336 e. The second-order valence-corrected chi connectivity index (χ2v) is 6.68. The van der Waals surface area contributed by atoms with Gasteiger partial charge < -0.3 is 20.1 Å². The number of aliphatic carboxylic acids is 2. The Balaban J connectivity index is 4.15. The number of hydrogen-bond acceptors (Lipinski definition) is 5. The van der Waals surface area contributed by atoms with Gasteiger partial charge in [0.05, 0.1) is 19.4 Å². The highest BCUT2D eigenvalue weighted by Gasteiger charge is 2.41. The van der Waals surface area contributed by atoms with Crippen LogP contribution in [0.5, 0.6) is 0 Å². The molecule has 7 nitrogen and oxygen atoms in total. The van der Waals surface area contributed by atoms with Crippen molar-refractivity contribution >= 4 is 17.9 Å². The number of carbonyl (C=O) groups excluding carboxylic acids is 1. The number of carboxylic acids is 2. The second-order valence-electron chi connectivity index (χ2n) is 6.68. The van der Waals surface area contributed by atoms with E-state index in [-0.39, 0.29) is 6.61 Å². The lowest BCUT2D eigenvalue weighted by molar-refractivity contribution is -0.172. The quantitative estimate of drug-likeness (QED) is 0.321. The van der Waals surface area contributed by atoms with Crippen molar-refractivity contribution in [3.05, 3.63) is 0 Å². The van der Waals surface area contributed by atoms with Crippen molar-refractivity contribution in [3.8, 4) is 0 Å². The largest absolute Gasteiger partial charge is 0.481 e. The van der Waals surface area contributed by atoms with Crippen LogP contribution >= 0.6 is 0 Å². The summed E-state index contributed by atoms with van der Waals surface area (Å²) < 4.78 is 4.93. The number of ether oxygens (including phenoxy) is 1. The summed E-state index contributed by atoms with van der Waals surface area (Å²) >= 11 is 0. The molecule has 3 N–H and O–H groups in total. The first-order chi connectivity index (χ1) is 11.6. The zero-order valence-electron chi connectivity index (χ0n) is 15.5. The van der Waals surface area contributed by atoms with Gasteiger partial charge in [-0.05, 0) is 18.3 Å². The van der Waals surface area contributed by atoms with E-state index in [0.717, 1.165) is 38.5 Å². The van der Waals surface area contributed by atoms with E-state index in [4.69, 9.17) is 14.9 Å². The normalized spacial score (nSPS) is 13.9. The number of unbranched alkanes of at least 4 members (excludes halogenated alkanes) is 2. The standard InChI is InChI=1S/C18H32O7/c1-4-17(5-2,6-3)10-8-7-9-11-25-15(21)13-18(24,16(22)23)12-14(19)20/h24H,4-13H2,1-3H3,(H,19,20)(H,22,23). The van der Waals surface area contributed by atoms with Crippen LogP contribution in [0.2, 0.25) is 0 Å². The van der Waals surface area contributed by atoms with E-state index >= 15 is 0 Å². The lowest BCUT2D eigenvalue weighted by Crippen LogP contribution is -2.43. The summed E-state index contributed by atoms with van der Waals surface area (Å²) in [4.78, 5) is 33.2. The van der Waals surface area contributed by atoms with Gasteiger partial charge in [-0.25, -0.2) is 4.79 Å². The summed E-state index contributed by atoms with van der Waals surface area (Å²) in [6.45, 7) is 6.75. The zero-order chi connectivity index (χ0) is 19.5. The highest BCUT2D eigenvalue weighted by Crippen LogP contribution is 2.36. The summed E-state index contributed by atoms with van der Waals surface area (Å²) in [6, 6.07) is 0. The van der Waals surface area contributed by atoms with Crippen molar-refractivity contribution in [1.82, 2.24) is 0 Å². The Kier molecular flexibility index (Phi) is 10.4. The lowest BCUT2D eigenvalue weighted by atomic mass is 9.76. The molecule has 0 amide bonds. The molecule has 0 radical (unpaired) electrons. The Morgan fingerprint density at radius 1 is 0.880 bits per heavy atom. The number of carboxylic acid groups (broad SMARTS) is 2. The van der Waals surface area contributed by atoms with Crippen molar-refractivity contribution in [3.63, 3.8) is 0 Å². The van der Waals surface area contributed by atoms with Gasteiger partial charge >= 0.3 is 17.9 Å². The lowest BCUT2D eigenvalue weighted by Gasteiger charge is -2.30. The van der Waals surface area contributed by atoms with Gasteiger partial charge in [0.1, 0.15) is 0 Å². The third-order valence-electron chi connectivity index (χ3n) is 5.14. The molecule has 0 aromatic heterocycles. The van der Waals surface area contributed by atoms with E-state index in [1.54, 1.807) is 0 Å². The fourth-order valence-electron chi connectivity index (χ4n) is 3.00. The van der Waals surface area contributed by atoms with Gasteiger partial charge in [-0.3, -0.25) is 9.59 Å². The molecule has 0 aromatic carbocycles. The summed E-state index contributed by atoms with van der Waals surface area (Å²) in [5.74, 6) is -4.15. The van der Waals surface area contributed by atoms with E-state index in [1.165, 1.54) is 0 Å². The molecule has 0 rings (SSSR count). The van der Waals surface area contributed by atoms with Crippen LogP contribution < -0.4 is 0 Å². The van der Waals surface area contributed by atoms with Gasteiger partial charge in [0.2, 0.25) is 0 Å². The molecule has 0 aliphatic carbocycles. The summed E-state index contributed by atoms with van der Waals surface area (Å²) in [5, 5.41) is 27.3. The Hall–Kier alpha value is -1.63. The van der Waals surface area contributed by atoms with Gasteiger partial charge in [0, 0.05) is 0 Å². The van der Waals surface area contributed by atoms with Crippen LogP contribution in [-0.4, -0.2) is 45.4 Å².